The van der Waals surface area contributed by atoms with E-state index < -0.39 is 0 Å². The molecule has 0 fully saturated rings. The van der Waals surface area contributed by atoms with E-state index in [0.717, 1.165) is 10.9 Å². The lowest BCUT2D eigenvalue weighted by Gasteiger charge is -2.08. The highest BCUT2D eigenvalue weighted by atomic mass is 32.1. The van der Waals surface area contributed by atoms with Crippen molar-refractivity contribution in [2.75, 3.05) is 0 Å². The summed E-state index contributed by atoms with van der Waals surface area (Å²) in [4.78, 5) is 27.1. The summed E-state index contributed by atoms with van der Waals surface area (Å²) in [6.45, 7) is 0. The van der Waals surface area contributed by atoms with Gasteiger partial charge in [0.15, 0.2) is 0 Å². The van der Waals surface area contributed by atoms with E-state index in [4.69, 9.17) is 0 Å². The number of hydrogen-bond donors (Lipinski definition) is 0. The van der Waals surface area contributed by atoms with E-state index in [1.165, 1.54) is 22.7 Å². The van der Waals surface area contributed by atoms with Crippen molar-refractivity contribution in [1.82, 2.24) is 4.57 Å². The molecule has 0 atom stereocenters. The standard InChI is InChI=1S/C19H13NO2S2/c1-20-7-6-12-10-13(18(21)16-4-2-8-23-16)14(11-15(12)20)19(22)17-5-3-9-24-17/h2-11H,1H3. The number of hydrogen-bond acceptors (Lipinski definition) is 4. The maximum atomic E-state index is 12.9. The van der Waals surface area contributed by atoms with Gasteiger partial charge in [-0.15, -0.1) is 22.7 Å². The first kappa shape index (κ1) is 15.1. The van der Waals surface area contributed by atoms with Crippen LogP contribution in [0.15, 0.2) is 59.4 Å². The van der Waals surface area contributed by atoms with E-state index in [0.29, 0.717) is 20.9 Å². The number of benzene rings is 1. The first-order valence-electron chi connectivity index (χ1n) is 7.40. The zero-order valence-electron chi connectivity index (χ0n) is 12.9. The molecule has 0 saturated heterocycles. The molecule has 0 bridgehead atoms. The second-order valence-electron chi connectivity index (χ2n) is 5.50. The number of ketones is 2. The molecule has 4 rings (SSSR count). The van der Waals surface area contributed by atoms with Gasteiger partial charge in [-0.3, -0.25) is 9.59 Å². The average Bonchev–Trinajstić information content (AvgIpc) is 3.35. The lowest BCUT2D eigenvalue weighted by atomic mass is 9.96. The maximum absolute atomic E-state index is 12.9. The van der Waals surface area contributed by atoms with Crippen molar-refractivity contribution in [2.24, 2.45) is 7.05 Å². The van der Waals surface area contributed by atoms with Gasteiger partial charge in [0, 0.05) is 35.3 Å². The fraction of sp³-hybridized carbons (Fsp3) is 0.0526. The van der Waals surface area contributed by atoms with Crippen molar-refractivity contribution >= 4 is 45.1 Å². The Morgan fingerprint density at radius 3 is 2.00 bits per heavy atom. The summed E-state index contributed by atoms with van der Waals surface area (Å²) >= 11 is 2.78. The van der Waals surface area contributed by atoms with Gasteiger partial charge in [0.05, 0.1) is 9.75 Å². The molecule has 0 radical (unpaired) electrons. The van der Waals surface area contributed by atoms with E-state index >= 15 is 0 Å². The molecule has 3 aromatic heterocycles. The van der Waals surface area contributed by atoms with Crippen LogP contribution in [0.25, 0.3) is 10.9 Å². The molecular weight excluding hydrogens is 338 g/mol. The Labute approximate surface area is 146 Å². The van der Waals surface area contributed by atoms with Crippen molar-refractivity contribution in [3.8, 4) is 0 Å². The van der Waals surface area contributed by atoms with Crippen molar-refractivity contribution in [2.45, 2.75) is 0 Å². The molecule has 0 aliphatic rings. The Hall–Kier alpha value is -2.50. The maximum Gasteiger partial charge on any atom is 0.203 e. The predicted octanol–water partition coefficient (Wildman–Crippen LogP) is 4.76. The summed E-state index contributed by atoms with van der Waals surface area (Å²) in [7, 11) is 1.93. The molecule has 118 valence electrons. The van der Waals surface area contributed by atoms with Gasteiger partial charge in [-0.25, -0.2) is 0 Å². The molecule has 5 heteroatoms. The number of thiophene rings is 2. The molecule has 0 amide bonds. The van der Waals surface area contributed by atoms with Crippen molar-refractivity contribution in [3.63, 3.8) is 0 Å². The van der Waals surface area contributed by atoms with Gasteiger partial charge in [0.1, 0.15) is 0 Å². The molecule has 0 N–H and O–H groups in total. The van der Waals surface area contributed by atoms with Gasteiger partial charge < -0.3 is 4.57 Å². The normalized spacial score (nSPS) is 11.0. The highest BCUT2D eigenvalue weighted by Crippen LogP contribution is 2.27. The van der Waals surface area contributed by atoms with E-state index in [-0.39, 0.29) is 11.6 Å². The largest absolute Gasteiger partial charge is 0.351 e. The quantitative estimate of drug-likeness (QED) is 0.497. The fourth-order valence-electron chi connectivity index (χ4n) is 2.77. The second-order valence-corrected chi connectivity index (χ2v) is 7.39. The van der Waals surface area contributed by atoms with Crippen LogP contribution in [-0.4, -0.2) is 16.1 Å². The first-order chi connectivity index (χ1) is 11.6. The highest BCUT2D eigenvalue weighted by molar-refractivity contribution is 7.12. The van der Waals surface area contributed by atoms with Crippen LogP contribution in [0.4, 0.5) is 0 Å². The molecule has 1 aromatic carbocycles. The minimum absolute atomic E-state index is 0.101. The van der Waals surface area contributed by atoms with Crippen molar-refractivity contribution in [1.29, 1.82) is 0 Å². The van der Waals surface area contributed by atoms with Crippen LogP contribution < -0.4 is 0 Å². The van der Waals surface area contributed by atoms with Crippen molar-refractivity contribution < 1.29 is 9.59 Å². The predicted molar refractivity (Wildman–Crippen MR) is 98.4 cm³/mol. The highest BCUT2D eigenvalue weighted by Gasteiger charge is 2.22. The molecule has 0 saturated carbocycles. The van der Waals surface area contributed by atoms with Gasteiger partial charge >= 0.3 is 0 Å². The molecule has 4 aromatic rings. The summed E-state index contributed by atoms with van der Waals surface area (Å²) < 4.78 is 1.96. The van der Waals surface area contributed by atoms with Crippen LogP contribution in [-0.2, 0) is 7.05 Å². The van der Waals surface area contributed by atoms with Crippen LogP contribution in [0.2, 0.25) is 0 Å². The minimum atomic E-state index is -0.104. The Morgan fingerprint density at radius 2 is 1.46 bits per heavy atom. The van der Waals surface area contributed by atoms with Crippen LogP contribution in [0.3, 0.4) is 0 Å². The zero-order valence-corrected chi connectivity index (χ0v) is 14.5. The molecule has 0 aliphatic carbocycles. The summed E-state index contributed by atoms with van der Waals surface area (Å²) in [6.07, 6.45) is 1.93. The SMILES string of the molecule is Cn1ccc2cc(C(=O)c3cccs3)c(C(=O)c3cccs3)cc21. The third-order valence-corrected chi connectivity index (χ3v) is 5.74. The van der Waals surface area contributed by atoms with E-state index in [2.05, 4.69) is 0 Å². The Morgan fingerprint density at radius 1 is 0.875 bits per heavy atom. The lowest BCUT2D eigenvalue weighted by molar-refractivity contribution is 0.101. The molecular formula is C19H13NO2S2. The van der Waals surface area contributed by atoms with E-state index in [1.54, 1.807) is 12.1 Å². The number of carbonyl (C=O) groups is 2. The number of nitrogens with zero attached hydrogens (tertiary/aromatic N) is 1. The van der Waals surface area contributed by atoms with Gasteiger partial charge in [-0.2, -0.15) is 0 Å². The lowest BCUT2D eigenvalue weighted by Crippen LogP contribution is -2.10. The topological polar surface area (TPSA) is 39.1 Å². The van der Waals surface area contributed by atoms with Crippen LogP contribution >= 0.6 is 22.7 Å². The van der Waals surface area contributed by atoms with Gasteiger partial charge in [0.2, 0.25) is 11.6 Å². The summed E-state index contributed by atoms with van der Waals surface area (Å²) in [5, 5.41) is 4.70. The number of rotatable bonds is 4. The molecule has 0 spiro atoms. The van der Waals surface area contributed by atoms with Crippen LogP contribution in [0.5, 0.6) is 0 Å². The summed E-state index contributed by atoms with van der Waals surface area (Å²) in [5.74, 6) is -0.205. The molecule has 24 heavy (non-hydrogen) atoms. The van der Waals surface area contributed by atoms with E-state index in [9.17, 15) is 9.59 Å². The smallest absolute Gasteiger partial charge is 0.203 e. The summed E-state index contributed by atoms with van der Waals surface area (Å²) in [5.41, 5.74) is 1.87. The molecule has 3 nitrogen and oxygen atoms in total. The third kappa shape index (κ3) is 2.42. The number of aryl methyl sites for hydroxylation is 1. The number of fused-ring (bicyclic) bond motifs is 1. The Kier molecular flexibility index (Phi) is 3.67. The number of carbonyl (C=O) groups excluding carboxylic acids is 2. The second kappa shape index (κ2) is 5.85. The van der Waals surface area contributed by atoms with E-state index in [1.807, 2.05) is 58.9 Å². The number of aromatic nitrogens is 1. The zero-order chi connectivity index (χ0) is 16.7. The van der Waals surface area contributed by atoms with Gasteiger partial charge in [-0.1, -0.05) is 12.1 Å². The van der Waals surface area contributed by atoms with Gasteiger partial charge in [0.25, 0.3) is 0 Å². The van der Waals surface area contributed by atoms with Gasteiger partial charge in [-0.05, 0) is 41.1 Å². The van der Waals surface area contributed by atoms with Crippen LogP contribution in [0, 0.1) is 0 Å². The Balaban J connectivity index is 1.95. The van der Waals surface area contributed by atoms with Crippen molar-refractivity contribution in [3.05, 3.63) is 80.3 Å². The van der Waals surface area contributed by atoms with Crippen LogP contribution in [0.1, 0.15) is 30.5 Å². The molecule has 3 heterocycles. The molecule has 0 unspecified atom stereocenters. The Bertz CT molecular complexity index is 1040. The third-order valence-electron chi connectivity index (χ3n) is 4.00. The first-order valence-corrected chi connectivity index (χ1v) is 9.16. The molecule has 0 aliphatic heterocycles. The minimum Gasteiger partial charge on any atom is -0.351 e. The monoisotopic (exact) mass is 351 g/mol. The fourth-order valence-corrected chi connectivity index (χ4v) is 4.13. The average molecular weight is 351 g/mol. The summed E-state index contributed by atoms with van der Waals surface area (Å²) in [6, 6.07) is 12.9.